The molecule has 0 saturated heterocycles. The van der Waals surface area contributed by atoms with Crippen molar-refractivity contribution in [2.45, 2.75) is 19.6 Å². The van der Waals surface area contributed by atoms with Crippen molar-refractivity contribution in [1.82, 2.24) is 0 Å². The summed E-state index contributed by atoms with van der Waals surface area (Å²) in [4.78, 5) is 0. The Hall–Kier alpha value is -1.46. The molecule has 2 nitrogen and oxygen atoms in total. The normalized spacial score (nSPS) is 12.2. The van der Waals surface area contributed by atoms with Crippen LogP contribution >= 0.6 is 15.9 Å². The van der Waals surface area contributed by atoms with Crippen LogP contribution in [0.1, 0.15) is 24.2 Å². The van der Waals surface area contributed by atoms with Crippen LogP contribution in [0.25, 0.3) is 0 Å². The molecule has 0 heterocycles. The van der Waals surface area contributed by atoms with Crippen molar-refractivity contribution in [3.63, 3.8) is 0 Å². The SMILES string of the molecule is C[C@H](O)c1ccc(F)cc1OCc1cc(F)cc(Br)c1. The van der Waals surface area contributed by atoms with Crippen LogP contribution in [0.15, 0.2) is 40.9 Å². The lowest BCUT2D eigenvalue weighted by molar-refractivity contribution is 0.189. The fourth-order valence-corrected chi connectivity index (χ4v) is 2.35. The lowest BCUT2D eigenvalue weighted by atomic mass is 10.1. The predicted octanol–water partition coefficient (Wildman–Crippen LogP) is 4.36. The molecule has 0 aliphatic rings. The number of ether oxygens (including phenoxy) is 1. The van der Waals surface area contributed by atoms with Crippen LogP contribution < -0.4 is 4.74 Å². The molecule has 0 fully saturated rings. The molecule has 106 valence electrons. The molecule has 1 atom stereocenters. The average Bonchev–Trinajstić information content (AvgIpc) is 2.35. The Morgan fingerprint density at radius 3 is 2.55 bits per heavy atom. The van der Waals surface area contributed by atoms with E-state index < -0.39 is 11.9 Å². The van der Waals surface area contributed by atoms with Gasteiger partial charge in [0, 0.05) is 16.1 Å². The molecule has 0 spiro atoms. The third kappa shape index (κ3) is 3.77. The van der Waals surface area contributed by atoms with E-state index in [2.05, 4.69) is 15.9 Å². The molecule has 2 aromatic carbocycles. The molecule has 0 aliphatic carbocycles. The first kappa shape index (κ1) is 14.9. The highest BCUT2D eigenvalue weighted by Gasteiger charge is 2.11. The number of hydrogen-bond donors (Lipinski definition) is 1. The first-order chi connectivity index (χ1) is 9.45. The third-order valence-electron chi connectivity index (χ3n) is 2.74. The zero-order chi connectivity index (χ0) is 14.7. The van der Waals surface area contributed by atoms with Crippen LogP contribution in [-0.4, -0.2) is 5.11 Å². The fraction of sp³-hybridized carbons (Fsp3) is 0.200. The summed E-state index contributed by atoms with van der Waals surface area (Å²) in [6, 6.07) is 8.32. The molecule has 5 heteroatoms. The quantitative estimate of drug-likeness (QED) is 0.894. The van der Waals surface area contributed by atoms with Crippen molar-refractivity contribution in [1.29, 1.82) is 0 Å². The Bertz CT molecular complexity index is 595. The number of hydrogen-bond acceptors (Lipinski definition) is 2. The van der Waals surface area contributed by atoms with Crippen LogP contribution in [0, 0.1) is 11.6 Å². The Balaban J connectivity index is 2.20. The van der Waals surface area contributed by atoms with Crippen LogP contribution in [0.5, 0.6) is 5.75 Å². The molecule has 2 rings (SSSR count). The van der Waals surface area contributed by atoms with Gasteiger partial charge >= 0.3 is 0 Å². The van der Waals surface area contributed by atoms with E-state index in [9.17, 15) is 13.9 Å². The van der Waals surface area contributed by atoms with Crippen molar-refractivity contribution in [3.8, 4) is 5.75 Å². The number of halogens is 3. The van der Waals surface area contributed by atoms with Crippen LogP contribution in [0.3, 0.4) is 0 Å². The van der Waals surface area contributed by atoms with Gasteiger partial charge in [0.2, 0.25) is 0 Å². The van der Waals surface area contributed by atoms with Gasteiger partial charge in [-0.25, -0.2) is 8.78 Å². The minimum atomic E-state index is -0.773. The van der Waals surface area contributed by atoms with Gasteiger partial charge < -0.3 is 9.84 Å². The van der Waals surface area contributed by atoms with Gasteiger partial charge in [-0.2, -0.15) is 0 Å². The molecule has 0 bridgehead atoms. The van der Waals surface area contributed by atoms with E-state index >= 15 is 0 Å². The summed E-state index contributed by atoms with van der Waals surface area (Å²) in [6.07, 6.45) is -0.773. The molecule has 0 aliphatic heterocycles. The van der Waals surface area contributed by atoms with E-state index in [1.54, 1.807) is 13.0 Å². The highest BCUT2D eigenvalue weighted by molar-refractivity contribution is 9.10. The monoisotopic (exact) mass is 342 g/mol. The second-order valence-electron chi connectivity index (χ2n) is 4.42. The summed E-state index contributed by atoms with van der Waals surface area (Å²) in [5.74, 6) is -0.585. The van der Waals surface area contributed by atoms with E-state index in [1.807, 2.05) is 0 Å². The number of benzene rings is 2. The molecule has 2 aromatic rings. The molecule has 0 saturated carbocycles. The second kappa shape index (κ2) is 6.33. The molecule has 0 aromatic heterocycles. The van der Waals surface area contributed by atoms with Gasteiger partial charge in [0.05, 0.1) is 6.10 Å². The minimum absolute atomic E-state index is 0.0829. The summed E-state index contributed by atoms with van der Waals surface area (Å²) in [6.45, 7) is 1.65. The zero-order valence-electron chi connectivity index (χ0n) is 10.7. The molecular weight excluding hydrogens is 330 g/mol. The summed E-state index contributed by atoms with van der Waals surface area (Å²) < 4.78 is 32.6. The van der Waals surface area contributed by atoms with E-state index in [-0.39, 0.29) is 18.2 Å². The van der Waals surface area contributed by atoms with Gasteiger partial charge in [-0.15, -0.1) is 0 Å². The van der Waals surface area contributed by atoms with Crippen molar-refractivity contribution in [2.75, 3.05) is 0 Å². The van der Waals surface area contributed by atoms with Gasteiger partial charge in [0.1, 0.15) is 24.0 Å². The molecule has 0 unspecified atom stereocenters. The number of aliphatic hydroxyl groups is 1. The maximum atomic E-state index is 13.2. The molecule has 0 amide bonds. The lowest BCUT2D eigenvalue weighted by Crippen LogP contribution is -2.02. The van der Waals surface area contributed by atoms with Gasteiger partial charge in [-0.05, 0) is 42.8 Å². The van der Waals surface area contributed by atoms with E-state index in [0.717, 1.165) is 0 Å². The van der Waals surface area contributed by atoms with Crippen LogP contribution in [0.2, 0.25) is 0 Å². The smallest absolute Gasteiger partial charge is 0.128 e. The summed E-state index contributed by atoms with van der Waals surface area (Å²) >= 11 is 3.19. The Morgan fingerprint density at radius 2 is 1.90 bits per heavy atom. The largest absolute Gasteiger partial charge is 0.488 e. The zero-order valence-corrected chi connectivity index (χ0v) is 12.3. The van der Waals surface area contributed by atoms with Crippen LogP contribution in [0.4, 0.5) is 8.78 Å². The molecule has 20 heavy (non-hydrogen) atoms. The summed E-state index contributed by atoms with van der Waals surface area (Å²) in [7, 11) is 0. The van der Waals surface area contributed by atoms with Crippen molar-refractivity contribution < 1.29 is 18.6 Å². The van der Waals surface area contributed by atoms with Gasteiger partial charge in [-0.1, -0.05) is 15.9 Å². The highest BCUT2D eigenvalue weighted by Crippen LogP contribution is 2.27. The topological polar surface area (TPSA) is 29.5 Å². The first-order valence-corrected chi connectivity index (χ1v) is 6.80. The molecular formula is C15H13BrF2O2. The van der Waals surface area contributed by atoms with Crippen molar-refractivity contribution in [3.05, 3.63) is 63.6 Å². The first-order valence-electron chi connectivity index (χ1n) is 6.01. The van der Waals surface area contributed by atoms with E-state index in [1.165, 1.54) is 30.3 Å². The minimum Gasteiger partial charge on any atom is -0.488 e. The summed E-state index contributed by atoms with van der Waals surface area (Å²) in [5, 5.41) is 9.61. The highest BCUT2D eigenvalue weighted by atomic mass is 79.9. The molecule has 0 radical (unpaired) electrons. The average molecular weight is 343 g/mol. The van der Waals surface area contributed by atoms with Gasteiger partial charge in [-0.3, -0.25) is 0 Å². The maximum Gasteiger partial charge on any atom is 0.128 e. The lowest BCUT2D eigenvalue weighted by Gasteiger charge is -2.13. The van der Waals surface area contributed by atoms with Crippen molar-refractivity contribution >= 4 is 15.9 Å². The van der Waals surface area contributed by atoms with Crippen molar-refractivity contribution in [2.24, 2.45) is 0 Å². The standard InChI is InChI=1S/C15H13BrF2O2/c1-9(19)14-3-2-12(17)7-15(14)20-8-10-4-11(16)6-13(18)5-10/h2-7,9,19H,8H2,1H3/t9-/m0/s1. The van der Waals surface area contributed by atoms with Gasteiger partial charge in [0.25, 0.3) is 0 Å². The van der Waals surface area contributed by atoms with E-state index in [0.29, 0.717) is 15.6 Å². The maximum absolute atomic E-state index is 13.2. The molecule has 1 N–H and O–H groups in total. The number of aliphatic hydroxyl groups excluding tert-OH is 1. The fourth-order valence-electron chi connectivity index (χ4n) is 1.83. The predicted molar refractivity (Wildman–Crippen MR) is 75.5 cm³/mol. The Morgan fingerprint density at radius 1 is 1.15 bits per heavy atom. The second-order valence-corrected chi connectivity index (χ2v) is 5.34. The third-order valence-corrected chi connectivity index (χ3v) is 3.20. The Kier molecular flexibility index (Phi) is 4.73. The van der Waals surface area contributed by atoms with Crippen LogP contribution in [-0.2, 0) is 6.61 Å². The summed E-state index contributed by atoms with van der Waals surface area (Å²) in [5.41, 5.74) is 1.10. The van der Waals surface area contributed by atoms with E-state index in [4.69, 9.17) is 4.74 Å². The number of rotatable bonds is 4. The Labute approximate surface area is 124 Å². The van der Waals surface area contributed by atoms with Gasteiger partial charge in [0.15, 0.2) is 0 Å².